The molecule has 104 valence electrons. The number of aromatic nitrogens is 2. The molecule has 2 N–H and O–H groups in total. The second-order valence-corrected chi connectivity index (χ2v) is 5.40. The number of halogens is 4. The third kappa shape index (κ3) is 3.34. The van der Waals surface area contributed by atoms with Crippen LogP contribution in [0.4, 0.5) is 13.2 Å². The van der Waals surface area contributed by atoms with E-state index < -0.39 is 33.9 Å². The molecule has 0 spiro atoms. The summed E-state index contributed by atoms with van der Waals surface area (Å²) in [4.78, 5) is 3.44. The van der Waals surface area contributed by atoms with Crippen LogP contribution in [-0.4, -0.2) is 41.9 Å². The van der Waals surface area contributed by atoms with E-state index in [0.717, 1.165) is 6.33 Å². The van der Waals surface area contributed by atoms with E-state index in [4.69, 9.17) is 16.7 Å². The number of sulfonamides is 1. The van der Waals surface area contributed by atoms with Gasteiger partial charge in [0.1, 0.15) is 5.15 Å². The van der Waals surface area contributed by atoms with Gasteiger partial charge in [0.15, 0.2) is 6.10 Å². The van der Waals surface area contributed by atoms with Gasteiger partial charge in [0.05, 0.1) is 6.33 Å². The molecule has 0 aliphatic carbocycles. The van der Waals surface area contributed by atoms with Gasteiger partial charge in [-0.15, -0.1) is 0 Å². The van der Waals surface area contributed by atoms with Crippen LogP contribution in [0, 0.1) is 0 Å². The lowest BCUT2D eigenvalue weighted by atomic mass is 10.4. The van der Waals surface area contributed by atoms with Gasteiger partial charge in [-0.3, -0.25) is 0 Å². The molecule has 1 atom stereocenters. The molecule has 0 aliphatic rings. The topological polar surface area (TPSA) is 84.2 Å². The first-order chi connectivity index (χ1) is 8.05. The summed E-state index contributed by atoms with van der Waals surface area (Å²) in [5.74, 6) is 0. The lowest BCUT2D eigenvalue weighted by Crippen LogP contribution is -2.40. The number of nitrogens with zero attached hydrogens (tertiary/aromatic N) is 2. The van der Waals surface area contributed by atoms with Crippen LogP contribution in [0.25, 0.3) is 0 Å². The Balaban J connectivity index is 2.82. The highest BCUT2D eigenvalue weighted by Crippen LogP contribution is 2.21. The van der Waals surface area contributed by atoms with Crippen LogP contribution in [-0.2, 0) is 17.1 Å². The summed E-state index contributed by atoms with van der Waals surface area (Å²) in [5.41, 5.74) is 0. The second kappa shape index (κ2) is 5.03. The summed E-state index contributed by atoms with van der Waals surface area (Å²) in [5, 5.41) is 7.82. The van der Waals surface area contributed by atoms with Crippen molar-refractivity contribution >= 4 is 21.6 Å². The molecule has 0 saturated heterocycles. The quantitative estimate of drug-likeness (QED) is 0.836. The van der Waals surface area contributed by atoms with Crippen LogP contribution in [0.1, 0.15) is 0 Å². The SMILES string of the molecule is Cn1cnc(S(=O)(=O)NCC(O)C(F)(F)F)c1Cl. The van der Waals surface area contributed by atoms with Crippen molar-refractivity contribution in [3.8, 4) is 0 Å². The van der Waals surface area contributed by atoms with Gasteiger partial charge in [-0.25, -0.2) is 18.1 Å². The standard InChI is InChI=1S/C7H9ClF3N3O3S/c1-14-3-12-6(5(14)8)18(16,17)13-2-4(15)7(9,10)11/h3-4,13,15H,2H2,1H3. The number of aryl methyl sites for hydroxylation is 1. The van der Waals surface area contributed by atoms with E-state index in [-0.39, 0.29) is 5.15 Å². The Kier molecular flexibility index (Phi) is 4.26. The zero-order valence-electron chi connectivity index (χ0n) is 8.94. The van der Waals surface area contributed by atoms with Crippen molar-refractivity contribution in [1.29, 1.82) is 0 Å². The van der Waals surface area contributed by atoms with E-state index >= 15 is 0 Å². The Morgan fingerprint density at radius 3 is 2.56 bits per heavy atom. The third-order valence-corrected chi connectivity index (χ3v) is 3.85. The Morgan fingerprint density at radius 2 is 2.17 bits per heavy atom. The first-order valence-electron chi connectivity index (χ1n) is 4.47. The van der Waals surface area contributed by atoms with E-state index in [2.05, 4.69) is 4.98 Å². The largest absolute Gasteiger partial charge is 0.415 e. The first kappa shape index (κ1) is 15.2. The fraction of sp³-hybridized carbons (Fsp3) is 0.571. The Hall–Kier alpha value is -0.840. The predicted octanol–water partition coefficient (Wildman–Crippen LogP) is 0.275. The van der Waals surface area contributed by atoms with Crippen molar-refractivity contribution in [3.05, 3.63) is 11.5 Å². The minimum Gasteiger partial charge on any atom is -0.382 e. The van der Waals surface area contributed by atoms with Gasteiger partial charge in [-0.1, -0.05) is 11.6 Å². The van der Waals surface area contributed by atoms with Crippen molar-refractivity contribution < 1.29 is 26.7 Å². The molecule has 1 aromatic rings. The minimum absolute atomic E-state index is 0.246. The van der Waals surface area contributed by atoms with Gasteiger partial charge in [-0.05, 0) is 0 Å². The molecule has 0 aromatic carbocycles. The maximum atomic E-state index is 12.0. The predicted molar refractivity (Wildman–Crippen MR) is 55.5 cm³/mol. The zero-order valence-corrected chi connectivity index (χ0v) is 10.5. The van der Waals surface area contributed by atoms with Crippen molar-refractivity contribution in [2.45, 2.75) is 17.3 Å². The highest BCUT2D eigenvalue weighted by atomic mass is 35.5. The maximum Gasteiger partial charge on any atom is 0.415 e. The Labute approximate surface area is 105 Å². The average molecular weight is 308 g/mol. The molecule has 1 aromatic heterocycles. The van der Waals surface area contributed by atoms with E-state index in [0.29, 0.717) is 0 Å². The first-order valence-corrected chi connectivity index (χ1v) is 6.33. The fourth-order valence-electron chi connectivity index (χ4n) is 0.947. The maximum absolute atomic E-state index is 12.0. The van der Waals surface area contributed by atoms with E-state index in [1.54, 1.807) is 4.72 Å². The molecular formula is C7H9ClF3N3O3S. The van der Waals surface area contributed by atoms with Crippen LogP contribution in [0.5, 0.6) is 0 Å². The van der Waals surface area contributed by atoms with Crippen molar-refractivity contribution in [2.75, 3.05) is 6.54 Å². The summed E-state index contributed by atoms with van der Waals surface area (Å²) < 4.78 is 61.8. The highest BCUT2D eigenvalue weighted by Gasteiger charge is 2.39. The van der Waals surface area contributed by atoms with E-state index in [1.165, 1.54) is 11.6 Å². The van der Waals surface area contributed by atoms with Crippen LogP contribution >= 0.6 is 11.6 Å². The molecule has 1 heterocycles. The van der Waals surface area contributed by atoms with Crippen LogP contribution < -0.4 is 4.72 Å². The molecular weight excluding hydrogens is 299 g/mol. The molecule has 6 nitrogen and oxygen atoms in total. The number of aliphatic hydroxyl groups excluding tert-OH is 1. The Morgan fingerprint density at radius 1 is 1.61 bits per heavy atom. The van der Waals surface area contributed by atoms with Gasteiger partial charge in [0, 0.05) is 13.6 Å². The van der Waals surface area contributed by atoms with Crippen LogP contribution in [0.15, 0.2) is 11.4 Å². The fourth-order valence-corrected chi connectivity index (χ4v) is 2.41. The lowest BCUT2D eigenvalue weighted by Gasteiger charge is -2.14. The highest BCUT2D eigenvalue weighted by molar-refractivity contribution is 7.89. The molecule has 1 unspecified atom stereocenters. The summed E-state index contributed by atoms with van der Waals surface area (Å²) in [6, 6.07) is 0. The van der Waals surface area contributed by atoms with Gasteiger partial charge < -0.3 is 9.67 Å². The van der Waals surface area contributed by atoms with Crippen molar-refractivity contribution in [1.82, 2.24) is 14.3 Å². The molecule has 11 heteroatoms. The minimum atomic E-state index is -4.91. The lowest BCUT2D eigenvalue weighted by molar-refractivity contribution is -0.200. The van der Waals surface area contributed by atoms with E-state index in [1.807, 2.05) is 0 Å². The monoisotopic (exact) mass is 307 g/mol. The van der Waals surface area contributed by atoms with E-state index in [9.17, 15) is 21.6 Å². The normalized spacial score (nSPS) is 14.8. The number of hydrogen-bond donors (Lipinski definition) is 2. The van der Waals surface area contributed by atoms with Gasteiger partial charge in [0.25, 0.3) is 10.0 Å². The summed E-state index contributed by atoms with van der Waals surface area (Å²) in [6.07, 6.45) is -6.61. The van der Waals surface area contributed by atoms with Crippen LogP contribution in [0.3, 0.4) is 0 Å². The molecule has 0 amide bonds. The molecule has 0 radical (unpaired) electrons. The summed E-state index contributed by atoms with van der Waals surface area (Å²) in [7, 11) is -2.88. The molecule has 0 saturated carbocycles. The smallest absolute Gasteiger partial charge is 0.382 e. The molecule has 0 fully saturated rings. The van der Waals surface area contributed by atoms with Crippen molar-refractivity contribution in [2.24, 2.45) is 7.05 Å². The zero-order chi connectivity index (χ0) is 14.1. The second-order valence-electron chi connectivity index (χ2n) is 3.36. The van der Waals surface area contributed by atoms with Gasteiger partial charge in [-0.2, -0.15) is 13.2 Å². The van der Waals surface area contributed by atoms with Crippen molar-refractivity contribution in [3.63, 3.8) is 0 Å². The molecule has 0 bridgehead atoms. The van der Waals surface area contributed by atoms with Crippen LogP contribution in [0.2, 0.25) is 5.15 Å². The average Bonchev–Trinajstić information content (AvgIpc) is 2.55. The number of imidazole rings is 1. The molecule has 18 heavy (non-hydrogen) atoms. The molecule has 0 aliphatic heterocycles. The third-order valence-electron chi connectivity index (χ3n) is 1.93. The summed E-state index contributed by atoms with van der Waals surface area (Å²) >= 11 is 5.60. The Bertz CT molecular complexity index is 528. The number of rotatable bonds is 4. The summed E-state index contributed by atoms with van der Waals surface area (Å²) in [6.45, 7) is -1.21. The number of nitrogens with one attached hydrogen (secondary N) is 1. The molecule has 1 rings (SSSR count). The number of hydrogen-bond acceptors (Lipinski definition) is 4. The number of alkyl halides is 3. The number of aliphatic hydroxyl groups is 1. The van der Waals surface area contributed by atoms with Gasteiger partial charge in [0.2, 0.25) is 5.03 Å². The van der Waals surface area contributed by atoms with Gasteiger partial charge >= 0.3 is 6.18 Å².